The quantitative estimate of drug-likeness (QED) is 0.909. The second-order valence-corrected chi connectivity index (χ2v) is 5.60. The summed E-state index contributed by atoms with van der Waals surface area (Å²) in [5.41, 5.74) is 4.33. The molecule has 0 saturated carbocycles. The molecule has 1 aliphatic rings. The van der Waals surface area contributed by atoms with Crippen LogP contribution in [0.2, 0.25) is 0 Å². The SMILES string of the molecule is CCc1cc(C)cc(OC)c1-c1c(O)c2n(c1O)CCC2. The van der Waals surface area contributed by atoms with E-state index in [1.165, 1.54) is 0 Å². The highest BCUT2D eigenvalue weighted by Crippen LogP contribution is 2.49. The molecule has 0 bridgehead atoms. The summed E-state index contributed by atoms with van der Waals surface area (Å²) in [6, 6.07) is 4.02. The molecule has 0 unspecified atom stereocenters. The summed E-state index contributed by atoms with van der Waals surface area (Å²) in [6.07, 6.45) is 2.57. The summed E-state index contributed by atoms with van der Waals surface area (Å²) in [6.45, 7) is 4.84. The van der Waals surface area contributed by atoms with Gasteiger partial charge in [0.05, 0.1) is 18.4 Å². The van der Waals surface area contributed by atoms with E-state index in [0.717, 1.165) is 48.2 Å². The number of aryl methyl sites for hydroxylation is 2. The minimum Gasteiger partial charge on any atom is -0.505 e. The molecule has 0 atom stereocenters. The third-order valence-corrected chi connectivity index (χ3v) is 4.29. The van der Waals surface area contributed by atoms with Crippen molar-refractivity contribution < 1.29 is 14.9 Å². The first kappa shape index (κ1) is 13.9. The monoisotopic (exact) mass is 287 g/mol. The number of hydrogen-bond donors (Lipinski definition) is 2. The van der Waals surface area contributed by atoms with E-state index in [4.69, 9.17) is 4.74 Å². The van der Waals surface area contributed by atoms with Gasteiger partial charge >= 0.3 is 0 Å². The van der Waals surface area contributed by atoms with Gasteiger partial charge in [0.1, 0.15) is 11.5 Å². The highest BCUT2D eigenvalue weighted by molar-refractivity contribution is 5.84. The zero-order valence-corrected chi connectivity index (χ0v) is 12.7. The number of hydrogen-bond acceptors (Lipinski definition) is 3. The maximum absolute atomic E-state index is 10.6. The van der Waals surface area contributed by atoms with Gasteiger partial charge in [-0.25, -0.2) is 0 Å². The van der Waals surface area contributed by atoms with E-state index < -0.39 is 0 Å². The second-order valence-electron chi connectivity index (χ2n) is 5.60. The van der Waals surface area contributed by atoms with Crippen molar-refractivity contribution in [2.45, 2.75) is 39.7 Å². The van der Waals surface area contributed by atoms with Crippen LogP contribution in [0, 0.1) is 6.92 Å². The maximum atomic E-state index is 10.6. The van der Waals surface area contributed by atoms with Gasteiger partial charge in [-0.05, 0) is 43.4 Å². The Bertz CT molecular complexity index is 648. The standard InChI is InChI=1S/C17H21NO3/c1-4-11-8-10(2)9-13(21-3)14(11)15-16(19)12-6-5-7-18(12)17(15)20/h8-9,19-20H,4-7H2,1-3H3. The van der Waals surface area contributed by atoms with Gasteiger partial charge in [0.15, 0.2) is 0 Å². The molecule has 1 aromatic heterocycles. The fourth-order valence-electron chi connectivity index (χ4n) is 3.32. The highest BCUT2D eigenvalue weighted by atomic mass is 16.5. The summed E-state index contributed by atoms with van der Waals surface area (Å²) in [5.74, 6) is 1.04. The molecule has 3 rings (SSSR count). The summed E-state index contributed by atoms with van der Waals surface area (Å²) in [7, 11) is 1.62. The average molecular weight is 287 g/mol. The molecule has 1 aromatic carbocycles. The van der Waals surface area contributed by atoms with E-state index in [0.29, 0.717) is 11.3 Å². The van der Waals surface area contributed by atoms with E-state index in [2.05, 4.69) is 13.0 Å². The normalized spacial score (nSPS) is 13.5. The minimum absolute atomic E-state index is 0.150. The lowest BCUT2D eigenvalue weighted by atomic mass is 9.95. The van der Waals surface area contributed by atoms with Gasteiger partial charge in [-0.3, -0.25) is 0 Å². The number of nitrogens with zero attached hydrogens (tertiary/aromatic N) is 1. The fourth-order valence-corrected chi connectivity index (χ4v) is 3.32. The molecule has 2 heterocycles. The summed E-state index contributed by atoms with van der Waals surface area (Å²) in [5, 5.41) is 21.1. The van der Waals surface area contributed by atoms with Crippen LogP contribution in [0.1, 0.15) is 30.2 Å². The number of methoxy groups -OCH3 is 1. The Labute approximate surface area is 124 Å². The van der Waals surface area contributed by atoms with Gasteiger partial charge in [-0.2, -0.15) is 0 Å². The van der Waals surface area contributed by atoms with Gasteiger partial charge in [0.2, 0.25) is 5.88 Å². The molecule has 2 aromatic rings. The van der Waals surface area contributed by atoms with Crippen LogP contribution < -0.4 is 4.74 Å². The second kappa shape index (κ2) is 5.02. The van der Waals surface area contributed by atoms with E-state index in [-0.39, 0.29) is 11.6 Å². The lowest BCUT2D eigenvalue weighted by Crippen LogP contribution is -1.96. The Morgan fingerprint density at radius 3 is 2.62 bits per heavy atom. The van der Waals surface area contributed by atoms with Crippen LogP contribution in [-0.2, 0) is 19.4 Å². The lowest BCUT2D eigenvalue weighted by Gasteiger charge is -2.15. The van der Waals surface area contributed by atoms with Gasteiger partial charge < -0.3 is 19.5 Å². The van der Waals surface area contributed by atoms with E-state index in [9.17, 15) is 10.2 Å². The van der Waals surface area contributed by atoms with Gasteiger partial charge in [0.25, 0.3) is 0 Å². The Morgan fingerprint density at radius 2 is 2.00 bits per heavy atom. The van der Waals surface area contributed by atoms with Crippen LogP contribution in [-0.4, -0.2) is 21.9 Å². The zero-order chi connectivity index (χ0) is 15.1. The van der Waals surface area contributed by atoms with Crippen molar-refractivity contribution in [3.05, 3.63) is 29.0 Å². The minimum atomic E-state index is 0.150. The van der Waals surface area contributed by atoms with E-state index in [1.807, 2.05) is 17.6 Å². The molecular weight excluding hydrogens is 266 g/mol. The molecule has 112 valence electrons. The number of aromatic nitrogens is 1. The van der Waals surface area contributed by atoms with Crippen LogP contribution in [0.25, 0.3) is 11.1 Å². The summed E-state index contributed by atoms with van der Waals surface area (Å²) in [4.78, 5) is 0. The summed E-state index contributed by atoms with van der Waals surface area (Å²) < 4.78 is 7.31. The molecule has 1 aliphatic heterocycles. The van der Waals surface area contributed by atoms with Crippen LogP contribution in [0.15, 0.2) is 12.1 Å². The molecule has 4 nitrogen and oxygen atoms in total. The Hall–Kier alpha value is -2.10. The molecule has 2 N–H and O–H groups in total. The first-order valence-electron chi connectivity index (χ1n) is 7.39. The topological polar surface area (TPSA) is 54.6 Å². The number of benzene rings is 1. The lowest BCUT2D eigenvalue weighted by molar-refractivity contribution is 0.411. The first-order valence-corrected chi connectivity index (χ1v) is 7.39. The number of aromatic hydroxyl groups is 2. The highest BCUT2D eigenvalue weighted by Gasteiger charge is 2.29. The van der Waals surface area contributed by atoms with Crippen LogP contribution in [0.3, 0.4) is 0 Å². The van der Waals surface area contributed by atoms with Crippen molar-refractivity contribution in [2.75, 3.05) is 7.11 Å². The van der Waals surface area contributed by atoms with Crippen LogP contribution >= 0.6 is 0 Å². The molecule has 0 spiro atoms. The predicted octanol–water partition coefficient (Wildman–Crippen LogP) is 3.39. The van der Waals surface area contributed by atoms with Gasteiger partial charge in [-0.1, -0.05) is 13.0 Å². The third kappa shape index (κ3) is 1.97. The van der Waals surface area contributed by atoms with Gasteiger partial charge in [-0.15, -0.1) is 0 Å². The Morgan fingerprint density at radius 1 is 1.24 bits per heavy atom. The maximum Gasteiger partial charge on any atom is 0.203 e. The molecule has 0 aliphatic carbocycles. The molecule has 4 heteroatoms. The van der Waals surface area contributed by atoms with Crippen molar-refractivity contribution in [3.63, 3.8) is 0 Å². The van der Waals surface area contributed by atoms with Crippen molar-refractivity contribution in [2.24, 2.45) is 0 Å². The van der Waals surface area contributed by atoms with Crippen molar-refractivity contribution in [1.29, 1.82) is 0 Å². The molecule has 21 heavy (non-hydrogen) atoms. The third-order valence-electron chi connectivity index (χ3n) is 4.29. The van der Waals surface area contributed by atoms with Crippen molar-refractivity contribution in [3.8, 4) is 28.5 Å². The smallest absolute Gasteiger partial charge is 0.203 e. The first-order chi connectivity index (χ1) is 10.1. The molecule has 0 saturated heterocycles. The number of ether oxygens (including phenoxy) is 1. The summed E-state index contributed by atoms with van der Waals surface area (Å²) >= 11 is 0. The molecule has 0 radical (unpaired) electrons. The Kier molecular flexibility index (Phi) is 3.32. The van der Waals surface area contributed by atoms with E-state index >= 15 is 0 Å². The average Bonchev–Trinajstić information content (AvgIpc) is 3.04. The van der Waals surface area contributed by atoms with Crippen LogP contribution in [0.5, 0.6) is 17.4 Å². The predicted molar refractivity (Wildman–Crippen MR) is 82.2 cm³/mol. The fraction of sp³-hybridized carbons (Fsp3) is 0.412. The largest absolute Gasteiger partial charge is 0.505 e. The van der Waals surface area contributed by atoms with Crippen molar-refractivity contribution in [1.82, 2.24) is 4.57 Å². The van der Waals surface area contributed by atoms with Crippen LogP contribution in [0.4, 0.5) is 0 Å². The van der Waals surface area contributed by atoms with E-state index in [1.54, 1.807) is 7.11 Å². The molecular formula is C17H21NO3. The Balaban J connectivity index is 2.31. The molecule has 0 amide bonds. The molecule has 0 fully saturated rings. The van der Waals surface area contributed by atoms with Gasteiger partial charge in [0, 0.05) is 12.1 Å². The van der Waals surface area contributed by atoms with Crippen molar-refractivity contribution >= 4 is 0 Å². The number of fused-ring (bicyclic) bond motifs is 1. The number of rotatable bonds is 3. The zero-order valence-electron chi connectivity index (χ0n) is 12.7.